The second-order valence-corrected chi connectivity index (χ2v) is 6.43. The van der Waals surface area contributed by atoms with Crippen LogP contribution < -0.4 is 0 Å². The molecule has 1 saturated heterocycles. The molecule has 2 aromatic rings. The second-order valence-electron chi connectivity index (χ2n) is 6.43. The molecule has 2 nitrogen and oxygen atoms in total. The lowest BCUT2D eigenvalue weighted by atomic mass is 9.93. The standard InChI is InChI=1S/C19H20NO/c1-19(2)12-13-20(14-19)18(21)17-10-8-16(9-11-17)15-6-4-3-5-7-15/h3-11,13H,12,14H2,1-2H3. The zero-order chi connectivity index (χ0) is 14.9. The summed E-state index contributed by atoms with van der Waals surface area (Å²) in [5, 5.41) is 0. The predicted octanol–water partition coefficient (Wildman–Crippen LogP) is 4.39. The van der Waals surface area contributed by atoms with Crippen LogP contribution in [0.15, 0.2) is 54.6 Å². The molecule has 0 unspecified atom stereocenters. The smallest absolute Gasteiger partial charge is 0.254 e. The number of carbonyl (C=O) groups is 1. The summed E-state index contributed by atoms with van der Waals surface area (Å²) in [6, 6.07) is 18.1. The van der Waals surface area contributed by atoms with Gasteiger partial charge in [0, 0.05) is 12.1 Å². The van der Waals surface area contributed by atoms with Crippen LogP contribution in [-0.2, 0) is 0 Å². The Hall–Kier alpha value is -2.09. The molecule has 21 heavy (non-hydrogen) atoms. The molecule has 1 radical (unpaired) electrons. The molecule has 1 fully saturated rings. The normalized spacial score (nSPS) is 17.0. The molecule has 1 aliphatic heterocycles. The Morgan fingerprint density at radius 1 is 0.952 bits per heavy atom. The van der Waals surface area contributed by atoms with E-state index in [1.54, 1.807) is 0 Å². The minimum absolute atomic E-state index is 0.0974. The number of carbonyl (C=O) groups excluding carboxylic acids is 1. The fourth-order valence-electron chi connectivity index (χ4n) is 2.70. The van der Waals surface area contributed by atoms with Crippen molar-refractivity contribution in [1.29, 1.82) is 0 Å². The average molecular weight is 278 g/mol. The predicted molar refractivity (Wildman–Crippen MR) is 85.6 cm³/mol. The monoisotopic (exact) mass is 278 g/mol. The van der Waals surface area contributed by atoms with E-state index in [2.05, 4.69) is 26.0 Å². The zero-order valence-electron chi connectivity index (χ0n) is 12.5. The molecule has 1 amide bonds. The molecule has 3 rings (SSSR count). The van der Waals surface area contributed by atoms with Crippen LogP contribution in [0.2, 0.25) is 0 Å². The maximum atomic E-state index is 12.5. The van der Waals surface area contributed by atoms with Crippen LogP contribution in [0.1, 0.15) is 30.6 Å². The quantitative estimate of drug-likeness (QED) is 0.798. The molecule has 107 valence electrons. The topological polar surface area (TPSA) is 20.3 Å². The van der Waals surface area contributed by atoms with Gasteiger partial charge in [-0.3, -0.25) is 4.79 Å². The van der Waals surface area contributed by atoms with Crippen molar-refractivity contribution >= 4 is 5.91 Å². The van der Waals surface area contributed by atoms with Gasteiger partial charge in [-0.1, -0.05) is 56.3 Å². The molecule has 1 aliphatic rings. The van der Waals surface area contributed by atoms with Gasteiger partial charge >= 0.3 is 0 Å². The molecular weight excluding hydrogens is 258 g/mol. The number of benzene rings is 2. The largest absolute Gasteiger partial charge is 0.333 e. The van der Waals surface area contributed by atoms with Gasteiger partial charge in [0.15, 0.2) is 0 Å². The number of hydrogen-bond donors (Lipinski definition) is 0. The zero-order valence-corrected chi connectivity index (χ0v) is 12.5. The fraction of sp³-hybridized carbons (Fsp3) is 0.263. The highest BCUT2D eigenvalue weighted by molar-refractivity contribution is 5.95. The molecule has 0 spiro atoms. The average Bonchev–Trinajstić information content (AvgIpc) is 2.88. The van der Waals surface area contributed by atoms with Gasteiger partial charge in [-0.15, -0.1) is 0 Å². The lowest BCUT2D eigenvalue weighted by Gasteiger charge is -2.19. The van der Waals surface area contributed by atoms with Crippen LogP contribution in [0.5, 0.6) is 0 Å². The summed E-state index contributed by atoms with van der Waals surface area (Å²) in [6.07, 6.45) is 0.959. The molecule has 2 heteroatoms. The van der Waals surface area contributed by atoms with Crippen LogP contribution in [0.4, 0.5) is 0 Å². The van der Waals surface area contributed by atoms with Crippen molar-refractivity contribution < 1.29 is 4.79 Å². The Labute approximate surface area is 126 Å². The van der Waals surface area contributed by atoms with Crippen LogP contribution in [0.25, 0.3) is 11.1 Å². The Kier molecular flexibility index (Phi) is 3.54. The Morgan fingerprint density at radius 3 is 2.14 bits per heavy atom. The SMILES string of the molecule is CC1(C)C[CH]N(C(=O)c2ccc(-c3ccccc3)cc2)C1. The first-order valence-corrected chi connectivity index (χ1v) is 7.35. The summed E-state index contributed by atoms with van der Waals surface area (Å²) in [4.78, 5) is 14.3. The van der Waals surface area contributed by atoms with Crippen molar-refractivity contribution in [3.63, 3.8) is 0 Å². The third-order valence-electron chi connectivity index (χ3n) is 3.96. The van der Waals surface area contributed by atoms with Crippen molar-refractivity contribution in [2.45, 2.75) is 20.3 Å². The Morgan fingerprint density at radius 2 is 1.57 bits per heavy atom. The third kappa shape index (κ3) is 2.99. The van der Waals surface area contributed by atoms with Gasteiger partial charge in [-0.2, -0.15) is 0 Å². The fourth-order valence-corrected chi connectivity index (χ4v) is 2.70. The Bertz CT molecular complexity index is 628. The van der Waals surface area contributed by atoms with E-state index in [1.807, 2.05) is 53.9 Å². The summed E-state index contributed by atoms with van der Waals surface area (Å²) in [5.74, 6) is 0.0974. The maximum absolute atomic E-state index is 12.5. The van der Waals surface area contributed by atoms with Gasteiger partial charge in [0.05, 0.1) is 6.54 Å². The summed E-state index contributed by atoms with van der Waals surface area (Å²) in [5.41, 5.74) is 3.26. The summed E-state index contributed by atoms with van der Waals surface area (Å²) >= 11 is 0. The first-order valence-electron chi connectivity index (χ1n) is 7.35. The van der Waals surface area contributed by atoms with E-state index in [0.717, 1.165) is 24.1 Å². The van der Waals surface area contributed by atoms with Crippen LogP contribution in [0.3, 0.4) is 0 Å². The van der Waals surface area contributed by atoms with E-state index in [9.17, 15) is 4.79 Å². The third-order valence-corrected chi connectivity index (χ3v) is 3.96. The maximum Gasteiger partial charge on any atom is 0.254 e. The molecule has 0 N–H and O–H groups in total. The molecule has 0 aromatic heterocycles. The summed E-state index contributed by atoms with van der Waals surface area (Å²) in [7, 11) is 0. The van der Waals surface area contributed by atoms with E-state index < -0.39 is 0 Å². The molecule has 2 aromatic carbocycles. The molecule has 0 bridgehead atoms. The van der Waals surface area contributed by atoms with Crippen LogP contribution in [-0.4, -0.2) is 17.4 Å². The van der Waals surface area contributed by atoms with E-state index in [1.165, 1.54) is 5.56 Å². The van der Waals surface area contributed by atoms with E-state index in [-0.39, 0.29) is 11.3 Å². The molecule has 1 heterocycles. The minimum Gasteiger partial charge on any atom is -0.333 e. The molecule has 0 aliphatic carbocycles. The van der Waals surface area contributed by atoms with E-state index in [4.69, 9.17) is 0 Å². The molecule has 0 saturated carbocycles. The lowest BCUT2D eigenvalue weighted by molar-refractivity contribution is 0.0804. The van der Waals surface area contributed by atoms with Gasteiger partial charge < -0.3 is 4.90 Å². The van der Waals surface area contributed by atoms with Crippen molar-refractivity contribution in [2.75, 3.05) is 6.54 Å². The highest BCUT2D eigenvalue weighted by Gasteiger charge is 2.32. The highest BCUT2D eigenvalue weighted by Crippen LogP contribution is 2.32. The van der Waals surface area contributed by atoms with Gasteiger partial charge in [-0.05, 0) is 35.1 Å². The number of amides is 1. The van der Waals surface area contributed by atoms with Crippen molar-refractivity contribution in [3.8, 4) is 11.1 Å². The van der Waals surface area contributed by atoms with Crippen molar-refractivity contribution in [3.05, 3.63) is 66.7 Å². The lowest BCUT2D eigenvalue weighted by Crippen LogP contribution is -2.28. The van der Waals surface area contributed by atoms with E-state index in [0.29, 0.717) is 0 Å². The second kappa shape index (κ2) is 5.36. The number of rotatable bonds is 2. The van der Waals surface area contributed by atoms with Crippen LogP contribution in [0, 0.1) is 12.0 Å². The van der Waals surface area contributed by atoms with Gasteiger partial charge in [0.25, 0.3) is 5.91 Å². The summed E-state index contributed by atoms with van der Waals surface area (Å²) in [6.45, 7) is 7.20. The van der Waals surface area contributed by atoms with Gasteiger partial charge in [0.1, 0.15) is 0 Å². The number of nitrogens with zero attached hydrogens (tertiary/aromatic N) is 1. The molecule has 0 atom stereocenters. The van der Waals surface area contributed by atoms with Crippen molar-refractivity contribution in [2.24, 2.45) is 5.41 Å². The minimum atomic E-state index is 0.0974. The highest BCUT2D eigenvalue weighted by atomic mass is 16.2. The first-order chi connectivity index (χ1) is 10.1. The number of hydrogen-bond acceptors (Lipinski definition) is 1. The Balaban J connectivity index is 1.77. The number of likely N-dealkylation sites (tertiary alicyclic amines) is 1. The van der Waals surface area contributed by atoms with Crippen molar-refractivity contribution in [1.82, 2.24) is 4.90 Å². The van der Waals surface area contributed by atoms with Gasteiger partial charge in [0.2, 0.25) is 0 Å². The van der Waals surface area contributed by atoms with Gasteiger partial charge in [-0.25, -0.2) is 0 Å². The van der Waals surface area contributed by atoms with E-state index >= 15 is 0 Å². The first kappa shape index (κ1) is 13.9. The molecular formula is C19H20NO. The van der Waals surface area contributed by atoms with Crippen LogP contribution >= 0.6 is 0 Å². The summed E-state index contributed by atoms with van der Waals surface area (Å²) < 4.78 is 0.